The Morgan fingerprint density at radius 2 is 1.94 bits per heavy atom. The van der Waals surface area contributed by atoms with Crippen LogP contribution >= 0.6 is 0 Å². The van der Waals surface area contributed by atoms with E-state index in [0.717, 1.165) is 6.42 Å². The summed E-state index contributed by atoms with van der Waals surface area (Å²) in [5.41, 5.74) is 0.178. The number of ether oxygens (including phenoxy) is 1. The summed E-state index contributed by atoms with van der Waals surface area (Å²) in [6, 6.07) is 0. The predicted octanol–water partition coefficient (Wildman–Crippen LogP) is 3.28. The lowest BCUT2D eigenvalue weighted by molar-refractivity contribution is 0.243. The normalized spacial score (nSPS) is 27.4. The van der Waals surface area contributed by atoms with Gasteiger partial charge < -0.3 is 10.1 Å². The van der Waals surface area contributed by atoms with Gasteiger partial charge in [-0.15, -0.1) is 6.58 Å². The summed E-state index contributed by atoms with van der Waals surface area (Å²) in [4.78, 5) is 0. The Bertz CT molecular complexity index is 217. The molecule has 0 bridgehead atoms. The predicted molar refractivity (Wildman–Crippen MR) is 69.7 cm³/mol. The van der Waals surface area contributed by atoms with Gasteiger partial charge >= 0.3 is 0 Å². The molecule has 0 aliphatic carbocycles. The topological polar surface area (TPSA) is 24.6 Å². The summed E-state index contributed by atoms with van der Waals surface area (Å²) in [5, 5.41) is 3.43. The van der Waals surface area contributed by atoms with Crippen molar-refractivity contribution in [2.75, 3.05) is 7.05 Å². The third kappa shape index (κ3) is 3.91. The highest BCUT2D eigenvalue weighted by Gasteiger charge is 2.48. The average Bonchev–Trinajstić information content (AvgIpc) is 3.01. The number of hydrogen-bond donors (Lipinski definition) is 1. The molecule has 0 aromatic heterocycles. The van der Waals surface area contributed by atoms with E-state index >= 15 is 0 Å². The molecule has 1 saturated heterocycles. The maximum Gasteiger partial charge on any atom is 0.102 e. The van der Waals surface area contributed by atoms with Crippen LogP contribution in [-0.4, -0.2) is 24.8 Å². The second-order valence-electron chi connectivity index (χ2n) is 5.17. The lowest BCUT2D eigenvalue weighted by Gasteiger charge is -2.27. The van der Waals surface area contributed by atoms with Crippen LogP contribution in [0.3, 0.4) is 0 Å². The van der Waals surface area contributed by atoms with E-state index in [1.807, 2.05) is 13.1 Å². The fourth-order valence-corrected chi connectivity index (χ4v) is 2.40. The van der Waals surface area contributed by atoms with Gasteiger partial charge in [0.15, 0.2) is 0 Å². The van der Waals surface area contributed by atoms with E-state index in [-0.39, 0.29) is 5.54 Å². The van der Waals surface area contributed by atoms with Crippen molar-refractivity contribution in [2.45, 2.75) is 70.1 Å². The third-order valence-corrected chi connectivity index (χ3v) is 3.76. The van der Waals surface area contributed by atoms with E-state index in [0.29, 0.717) is 12.2 Å². The van der Waals surface area contributed by atoms with E-state index in [2.05, 4.69) is 25.7 Å². The first-order valence-electron chi connectivity index (χ1n) is 6.59. The second kappa shape index (κ2) is 6.41. The Balaban J connectivity index is 2.12. The molecule has 2 nitrogen and oxygen atoms in total. The van der Waals surface area contributed by atoms with Crippen LogP contribution in [0.2, 0.25) is 0 Å². The molecule has 1 heterocycles. The molecule has 2 unspecified atom stereocenters. The van der Waals surface area contributed by atoms with Gasteiger partial charge in [-0.3, -0.25) is 0 Å². The fraction of sp³-hybridized carbons (Fsp3) is 0.857. The fourth-order valence-electron chi connectivity index (χ4n) is 2.40. The largest absolute Gasteiger partial charge is 0.368 e. The van der Waals surface area contributed by atoms with Crippen molar-refractivity contribution in [3.8, 4) is 0 Å². The minimum Gasteiger partial charge on any atom is -0.368 e. The van der Waals surface area contributed by atoms with E-state index in [1.165, 1.54) is 32.1 Å². The van der Waals surface area contributed by atoms with Crippen LogP contribution in [0.1, 0.15) is 52.4 Å². The van der Waals surface area contributed by atoms with E-state index in [4.69, 9.17) is 4.74 Å². The molecule has 2 heteroatoms. The van der Waals surface area contributed by atoms with Crippen molar-refractivity contribution in [3.63, 3.8) is 0 Å². The lowest BCUT2D eigenvalue weighted by atomic mass is 9.89. The Morgan fingerprint density at radius 1 is 1.31 bits per heavy atom. The smallest absolute Gasteiger partial charge is 0.102 e. The molecule has 0 radical (unpaired) electrons. The molecule has 0 amide bonds. The molecule has 0 saturated carbocycles. The molecule has 16 heavy (non-hydrogen) atoms. The van der Waals surface area contributed by atoms with Gasteiger partial charge in [-0.1, -0.05) is 25.3 Å². The van der Waals surface area contributed by atoms with Crippen molar-refractivity contribution in [1.29, 1.82) is 0 Å². The lowest BCUT2D eigenvalue weighted by Crippen LogP contribution is -2.45. The molecule has 1 fully saturated rings. The molecule has 0 spiro atoms. The van der Waals surface area contributed by atoms with Gasteiger partial charge in [0.2, 0.25) is 0 Å². The van der Waals surface area contributed by atoms with Crippen LogP contribution in [0, 0.1) is 0 Å². The summed E-state index contributed by atoms with van der Waals surface area (Å²) in [5.74, 6) is 0. The van der Waals surface area contributed by atoms with Gasteiger partial charge in [0.1, 0.15) is 6.10 Å². The molecule has 3 atom stereocenters. The van der Waals surface area contributed by atoms with Gasteiger partial charge in [-0.05, 0) is 40.2 Å². The average molecular weight is 225 g/mol. The molecule has 1 N–H and O–H groups in total. The SMILES string of the molecule is C=CCCCCCC[C@@](C)(NC)C1OC1C. The highest BCUT2D eigenvalue weighted by molar-refractivity contribution is 5.01. The van der Waals surface area contributed by atoms with Gasteiger partial charge in [-0.25, -0.2) is 0 Å². The quantitative estimate of drug-likeness (QED) is 0.370. The summed E-state index contributed by atoms with van der Waals surface area (Å²) >= 11 is 0. The zero-order chi connectivity index (χ0) is 12.0. The number of epoxide rings is 1. The molecule has 1 rings (SSSR count). The first-order chi connectivity index (χ1) is 7.64. The zero-order valence-electron chi connectivity index (χ0n) is 11.1. The summed E-state index contributed by atoms with van der Waals surface area (Å²) in [6.07, 6.45) is 10.5. The molecular formula is C14H27NO. The molecule has 1 aliphatic rings. The van der Waals surface area contributed by atoms with Crippen LogP contribution in [0.25, 0.3) is 0 Å². The van der Waals surface area contributed by atoms with Crippen LogP contribution in [0.5, 0.6) is 0 Å². The summed E-state index contributed by atoms with van der Waals surface area (Å²) < 4.78 is 5.59. The van der Waals surface area contributed by atoms with E-state index in [1.54, 1.807) is 0 Å². The Kier molecular flexibility index (Phi) is 5.50. The van der Waals surface area contributed by atoms with E-state index < -0.39 is 0 Å². The van der Waals surface area contributed by atoms with Gasteiger partial charge in [0, 0.05) is 5.54 Å². The Hall–Kier alpha value is -0.340. The number of likely N-dealkylation sites (N-methyl/N-ethyl adjacent to an activating group) is 1. The van der Waals surface area contributed by atoms with Crippen LogP contribution in [0.4, 0.5) is 0 Å². The maximum absolute atomic E-state index is 5.59. The molecular weight excluding hydrogens is 198 g/mol. The Morgan fingerprint density at radius 3 is 2.44 bits per heavy atom. The molecule has 1 aliphatic heterocycles. The highest BCUT2D eigenvalue weighted by Crippen LogP contribution is 2.35. The maximum atomic E-state index is 5.59. The summed E-state index contributed by atoms with van der Waals surface area (Å²) in [6.45, 7) is 8.18. The van der Waals surface area contributed by atoms with Gasteiger partial charge in [0.05, 0.1) is 6.10 Å². The Labute approximate surface area is 100 Å². The minimum absolute atomic E-state index is 0.178. The first-order valence-corrected chi connectivity index (χ1v) is 6.59. The number of hydrogen-bond acceptors (Lipinski definition) is 2. The molecule has 0 aromatic carbocycles. The van der Waals surface area contributed by atoms with Crippen molar-refractivity contribution in [3.05, 3.63) is 12.7 Å². The van der Waals surface area contributed by atoms with Crippen LogP contribution < -0.4 is 5.32 Å². The number of nitrogens with one attached hydrogen (secondary N) is 1. The van der Waals surface area contributed by atoms with Crippen molar-refractivity contribution < 1.29 is 4.74 Å². The first kappa shape index (κ1) is 13.7. The standard InChI is InChI=1S/C14H27NO/c1-5-6-7-8-9-10-11-14(3,15-4)13-12(2)16-13/h5,12-13,15H,1,6-11H2,2-4H3/t12?,13?,14-/m1/s1. The molecule has 0 aromatic rings. The zero-order valence-corrected chi connectivity index (χ0v) is 11.1. The van der Waals surface area contributed by atoms with Gasteiger partial charge in [-0.2, -0.15) is 0 Å². The monoisotopic (exact) mass is 225 g/mol. The number of allylic oxidation sites excluding steroid dienone is 1. The molecule has 94 valence electrons. The van der Waals surface area contributed by atoms with Crippen molar-refractivity contribution in [2.24, 2.45) is 0 Å². The van der Waals surface area contributed by atoms with E-state index in [9.17, 15) is 0 Å². The number of rotatable bonds is 9. The van der Waals surface area contributed by atoms with Crippen LogP contribution in [-0.2, 0) is 4.74 Å². The van der Waals surface area contributed by atoms with Crippen LogP contribution in [0.15, 0.2) is 12.7 Å². The third-order valence-electron chi connectivity index (χ3n) is 3.76. The van der Waals surface area contributed by atoms with Crippen molar-refractivity contribution >= 4 is 0 Å². The van der Waals surface area contributed by atoms with Gasteiger partial charge in [0.25, 0.3) is 0 Å². The highest BCUT2D eigenvalue weighted by atomic mass is 16.6. The minimum atomic E-state index is 0.178. The number of unbranched alkanes of at least 4 members (excludes halogenated alkanes) is 4. The van der Waals surface area contributed by atoms with Crippen molar-refractivity contribution in [1.82, 2.24) is 5.32 Å². The summed E-state index contributed by atoms with van der Waals surface area (Å²) in [7, 11) is 2.05. The second-order valence-corrected chi connectivity index (χ2v) is 5.17.